The molecule has 2 rings (SSSR count). The van der Waals surface area contributed by atoms with Gasteiger partial charge in [0.15, 0.2) is 0 Å². The Bertz CT molecular complexity index is 480. The van der Waals surface area contributed by atoms with Crippen LogP contribution < -0.4 is 5.73 Å². The average molecular weight is 395 g/mol. The van der Waals surface area contributed by atoms with Crippen molar-refractivity contribution in [3.05, 3.63) is 19.8 Å². The van der Waals surface area contributed by atoms with Crippen molar-refractivity contribution in [1.29, 1.82) is 0 Å². The van der Waals surface area contributed by atoms with Crippen molar-refractivity contribution in [3.8, 4) is 0 Å². The molecule has 1 saturated carbocycles. The molecular weight excluding hydrogens is 374 g/mol. The zero-order valence-corrected chi connectivity index (χ0v) is 15.3. The van der Waals surface area contributed by atoms with Crippen molar-refractivity contribution in [2.45, 2.75) is 51.5 Å². The van der Waals surface area contributed by atoms with E-state index in [-0.39, 0.29) is 17.4 Å². The zero-order valence-electron chi connectivity index (χ0n) is 12.2. The van der Waals surface area contributed by atoms with Gasteiger partial charge in [0.2, 0.25) is 0 Å². The number of halogens is 2. The Labute approximate surface area is 143 Å². The van der Waals surface area contributed by atoms with Crippen LogP contribution in [0.4, 0.5) is 0 Å². The third-order valence-electron chi connectivity index (χ3n) is 4.17. The summed E-state index contributed by atoms with van der Waals surface area (Å²) in [6.45, 7) is 2.28. The summed E-state index contributed by atoms with van der Waals surface area (Å²) in [6, 6.07) is 1.91. The van der Waals surface area contributed by atoms with Crippen LogP contribution in [-0.4, -0.2) is 12.6 Å². The Kier molecular flexibility index (Phi) is 6.12. The SMILES string of the molecule is CCOC(=O)CC1(CC(N)c2cc(Br)c(Cl)s2)CCCC1. The molecular formula is C15H21BrClNO2S. The molecule has 0 amide bonds. The number of carbonyl (C=O) groups excluding carboxylic acids is 1. The van der Waals surface area contributed by atoms with E-state index in [1.54, 1.807) is 0 Å². The fourth-order valence-electron chi connectivity index (χ4n) is 3.21. The molecule has 1 unspecified atom stereocenters. The third kappa shape index (κ3) is 4.44. The smallest absolute Gasteiger partial charge is 0.306 e. The normalized spacial score (nSPS) is 18.7. The maximum Gasteiger partial charge on any atom is 0.306 e. The molecule has 118 valence electrons. The highest BCUT2D eigenvalue weighted by atomic mass is 79.9. The molecule has 0 spiro atoms. The van der Waals surface area contributed by atoms with Crippen LogP contribution in [0.15, 0.2) is 10.5 Å². The van der Waals surface area contributed by atoms with Crippen LogP contribution >= 0.6 is 38.9 Å². The summed E-state index contributed by atoms with van der Waals surface area (Å²) < 4.78 is 6.76. The van der Waals surface area contributed by atoms with E-state index < -0.39 is 0 Å². The van der Waals surface area contributed by atoms with Crippen molar-refractivity contribution < 1.29 is 9.53 Å². The van der Waals surface area contributed by atoms with Gasteiger partial charge in [-0.2, -0.15) is 0 Å². The molecule has 0 saturated heterocycles. The summed E-state index contributed by atoms with van der Waals surface area (Å²) in [5, 5.41) is 0. The van der Waals surface area contributed by atoms with E-state index >= 15 is 0 Å². The highest BCUT2D eigenvalue weighted by Crippen LogP contribution is 2.48. The van der Waals surface area contributed by atoms with E-state index in [0.717, 1.165) is 32.9 Å². The lowest BCUT2D eigenvalue weighted by Crippen LogP contribution is -2.27. The minimum atomic E-state index is -0.100. The largest absolute Gasteiger partial charge is 0.466 e. The molecule has 0 radical (unpaired) electrons. The molecule has 3 nitrogen and oxygen atoms in total. The number of thiophene rings is 1. The van der Waals surface area contributed by atoms with Crippen molar-refractivity contribution in [2.24, 2.45) is 11.1 Å². The van der Waals surface area contributed by atoms with Gasteiger partial charge in [-0.25, -0.2) is 0 Å². The number of rotatable bonds is 6. The monoisotopic (exact) mass is 393 g/mol. The van der Waals surface area contributed by atoms with Crippen LogP contribution in [0.5, 0.6) is 0 Å². The van der Waals surface area contributed by atoms with Crippen LogP contribution in [0.3, 0.4) is 0 Å². The highest BCUT2D eigenvalue weighted by Gasteiger charge is 2.38. The summed E-state index contributed by atoms with van der Waals surface area (Å²) in [5.41, 5.74) is 6.37. The van der Waals surface area contributed by atoms with Crippen molar-refractivity contribution in [2.75, 3.05) is 6.61 Å². The molecule has 0 aliphatic heterocycles. The molecule has 1 aromatic heterocycles. The van der Waals surface area contributed by atoms with Gasteiger partial charge >= 0.3 is 5.97 Å². The third-order valence-corrected chi connectivity index (χ3v) is 6.78. The molecule has 1 heterocycles. The first kappa shape index (κ1) is 17.3. The summed E-state index contributed by atoms with van der Waals surface area (Å²) in [7, 11) is 0. The average Bonchev–Trinajstić information content (AvgIpc) is 2.98. The van der Waals surface area contributed by atoms with Crippen molar-refractivity contribution >= 4 is 44.8 Å². The lowest BCUT2D eigenvalue weighted by molar-refractivity contribution is -0.146. The van der Waals surface area contributed by atoms with Gasteiger partial charge in [0.1, 0.15) is 4.34 Å². The molecule has 21 heavy (non-hydrogen) atoms. The number of nitrogens with two attached hydrogens (primary N) is 1. The highest BCUT2D eigenvalue weighted by molar-refractivity contribution is 9.10. The van der Waals surface area contributed by atoms with Gasteiger partial charge in [-0.05, 0) is 53.6 Å². The second kappa shape index (κ2) is 7.44. The number of hydrogen-bond acceptors (Lipinski definition) is 4. The first-order valence-corrected chi connectivity index (χ1v) is 9.30. The van der Waals surface area contributed by atoms with Crippen LogP contribution in [0, 0.1) is 5.41 Å². The Balaban J connectivity index is 2.06. The zero-order chi connectivity index (χ0) is 15.5. The minimum Gasteiger partial charge on any atom is -0.466 e. The second-order valence-corrected chi connectivity index (χ2v) is 8.31. The van der Waals surface area contributed by atoms with Gasteiger partial charge < -0.3 is 10.5 Å². The Morgan fingerprint density at radius 3 is 2.76 bits per heavy atom. The number of carbonyl (C=O) groups is 1. The van der Waals surface area contributed by atoms with Crippen molar-refractivity contribution in [3.63, 3.8) is 0 Å². The van der Waals surface area contributed by atoms with Gasteiger partial charge in [0.25, 0.3) is 0 Å². The van der Waals surface area contributed by atoms with Crippen LogP contribution in [0.2, 0.25) is 4.34 Å². The first-order chi connectivity index (χ1) is 9.96. The Morgan fingerprint density at radius 2 is 2.24 bits per heavy atom. The molecule has 0 bridgehead atoms. The summed E-state index contributed by atoms with van der Waals surface area (Å²) in [6.07, 6.45) is 5.74. The maximum atomic E-state index is 11.9. The summed E-state index contributed by atoms with van der Waals surface area (Å²) in [5.74, 6) is -0.100. The molecule has 0 aromatic carbocycles. The van der Waals surface area contributed by atoms with E-state index in [9.17, 15) is 4.79 Å². The fraction of sp³-hybridized carbons (Fsp3) is 0.667. The Morgan fingerprint density at radius 1 is 1.57 bits per heavy atom. The van der Waals surface area contributed by atoms with Gasteiger partial charge in [-0.1, -0.05) is 24.4 Å². The lowest BCUT2D eigenvalue weighted by atomic mass is 9.77. The quantitative estimate of drug-likeness (QED) is 0.685. The second-order valence-electron chi connectivity index (χ2n) is 5.77. The Hall–Kier alpha value is -0.100. The lowest BCUT2D eigenvalue weighted by Gasteiger charge is -2.30. The molecule has 1 aliphatic rings. The van der Waals surface area contributed by atoms with Gasteiger partial charge in [-0.3, -0.25) is 4.79 Å². The van der Waals surface area contributed by atoms with Gasteiger partial charge in [-0.15, -0.1) is 11.3 Å². The summed E-state index contributed by atoms with van der Waals surface area (Å²) >= 11 is 11.0. The molecule has 6 heteroatoms. The van der Waals surface area contributed by atoms with E-state index in [4.69, 9.17) is 22.1 Å². The van der Waals surface area contributed by atoms with E-state index in [1.165, 1.54) is 24.2 Å². The van der Waals surface area contributed by atoms with Crippen LogP contribution in [0.1, 0.15) is 56.4 Å². The molecule has 2 N–H and O–H groups in total. The van der Waals surface area contributed by atoms with E-state index in [2.05, 4.69) is 15.9 Å². The minimum absolute atomic E-state index is 0.00534. The van der Waals surface area contributed by atoms with E-state index in [0.29, 0.717) is 13.0 Å². The number of esters is 1. The van der Waals surface area contributed by atoms with E-state index in [1.807, 2.05) is 13.0 Å². The standard InChI is InChI=1S/C15H21BrClNO2S/c1-2-20-13(19)9-15(5-3-4-6-15)8-11(18)12-7-10(16)14(17)21-12/h7,11H,2-6,8-9,18H2,1H3. The van der Waals surface area contributed by atoms with Crippen molar-refractivity contribution in [1.82, 2.24) is 0 Å². The molecule has 1 aliphatic carbocycles. The predicted molar refractivity (Wildman–Crippen MR) is 90.7 cm³/mol. The molecule has 1 fully saturated rings. The van der Waals surface area contributed by atoms with Crippen LogP contribution in [0.25, 0.3) is 0 Å². The number of ether oxygens (including phenoxy) is 1. The van der Waals surface area contributed by atoms with Gasteiger partial charge in [0.05, 0.1) is 13.0 Å². The predicted octanol–water partition coefficient (Wildman–Crippen LogP) is 5.07. The molecule has 1 aromatic rings. The molecule has 1 atom stereocenters. The number of hydrogen-bond donors (Lipinski definition) is 1. The fourth-order valence-corrected chi connectivity index (χ4v) is 4.95. The maximum absolute atomic E-state index is 11.9. The first-order valence-electron chi connectivity index (χ1n) is 7.32. The van der Waals surface area contributed by atoms with Crippen LogP contribution in [-0.2, 0) is 9.53 Å². The summed E-state index contributed by atoms with van der Waals surface area (Å²) in [4.78, 5) is 13.0. The van der Waals surface area contributed by atoms with Gasteiger partial charge in [0, 0.05) is 15.4 Å². The topological polar surface area (TPSA) is 52.3 Å².